The molecule has 2 aromatic carbocycles. The zero-order chi connectivity index (χ0) is 12.5. The van der Waals surface area contributed by atoms with E-state index in [2.05, 4.69) is 62.4 Å². The van der Waals surface area contributed by atoms with E-state index in [1.807, 2.05) is 11.3 Å². The molecule has 0 N–H and O–H groups in total. The Kier molecular flexibility index (Phi) is 2.92. The van der Waals surface area contributed by atoms with Gasteiger partial charge in [-0.2, -0.15) is 0 Å². The van der Waals surface area contributed by atoms with Gasteiger partial charge >= 0.3 is 0 Å². The van der Waals surface area contributed by atoms with Gasteiger partial charge in [0.1, 0.15) is 0 Å². The Morgan fingerprint density at radius 2 is 1.72 bits per heavy atom. The van der Waals surface area contributed by atoms with Crippen molar-refractivity contribution in [2.75, 3.05) is 0 Å². The molecule has 0 nitrogen and oxygen atoms in total. The van der Waals surface area contributed by atoms with E-state index in [4.69, 9.17) is 0 Å². The van der Waals surface area contributed by atoms with Crippen molar-refractivity contribution in [3.05, 3.63) is 70.1 Å². The van der Waals surface area contributed by atoms with Crippen molar-refractivity contribution in [2.45, 2.75) is 20.3 Å². The second-order valence-electron chi connectivity index (χ2n) is 4.85. The monoisotopic (exact) mass is 252 g/mol. The highest BCUT2D eigenvalue weighted by molar-refractivity contribution is 7.19. The number of benzene rings is 2. The Hall–Kier alpha value is -1.60. The van der Waals surface area contributed by atoms with Crippen molar-refractivity contribution in [3.63, 3.8) is 0 Å². The molecule has 0 amide bonds. The first-order valence-corrected chi connectivity index (χ1v) is 7.07. The summed E-state index contributed by atoms with van der Waals surface area (Å²) < 4.78 is 1.44. The number of hydrogen-bond donors (Lipinski definition) is 0. The average Bonchev–Trinajstić information content (AvgIpc) is 2.73. The molecule has 90 valence electrons. The van der Waals surface area contributed by atoms with Crippen LogP contribution in [0.5, 0.6) is 0 Å². The van der Waals surface area contributed by atoms with Gasteiger partial charge in [-0.05, 0) is 42.8 Å². The second kappa shape index (κ2) is 4.58. The van der Waals surface area contributed by atoms with Crippen LogP contribution in [0.4, 0.5) is 0 Å². The predicted molar refractivity (Wildman–Crippen MR) is 80.5 cm³/mol. The van der Waals surface area contributed by atoms with Gasteiger partial charge in [-0.1, -0.05) is 48.0 Å². The Morgan fingerprint density at radius 3 is 2.50 bits per heavy atom. The van der Waals surface area contributed by atoms with Gasteiger partial charge in [0.05, 0.1) is 0 Å². The van der Waals surface area contributed by atoms with Crippen LogP contribution in [0.3, 0.4) is 0 Å². The zero-order valence-electron chi connectivity index (χ0n) is 10.7. The number of hydrogen-bond acceptors (Lipinski definition) is 1. The Morgan fingerprint density at radius 1 is 0.944 bits per heavy atom. The van der Waals surface area contributed by atoms with Crippen molar-refractivity contribution in [1.29, 1.82) is 0 Å². The molecular formula is C17H16S. The summed E-state index contributed by atoms with van der Waals surface area (Å²) in [5.74, 6) is 0. The van der Waals surface area contributed by atoms with Crippen LogP contribution < -0.4 is 0 Å². The Bertz CT molecular complexity index is 674. The fraction of sp³-hybridized carbons (Fsp3) is 0.176. The van der Waals surface area contributed by atoms with Crippen LogP contribution in [0, 0.1) is 13.8 Å². The predicted octanol–water partition coefficient (Wildman–Crippen LogP) is 5.11. The molecule has 0 aliphatic carbocycles. The molecule has 0 radical (unpaired) electrons. The molecule has 0 saturated heterocycles. The van der Waals surface area contributed by atoms with Crippen LogP contribution in [-0.4, -0.2) is 0 Å². The van der Waals surface area contributed by atoms with Gasteiger partial charge in [0.2, 0.25) is 0 Å². The molecule has 0 unspecified atom stereocenters. The normalized spacial score (nSPS) is 11.0. The highest BCUT2D eigenvalue weighted by atomic mass is 32.1. The van der Waals surface area contributed by atoms with E-state index < -0.39 is 0 Å². The Labute approximate surface area is 112 Å². The fourth-order valence-electron chi connectivity index (χ4n) is 2.32. The molecule has 0 atom stereocenters. The van der Waals surface area contributed by atoms with E-state index in [1.54, 1.807) is 0 Å². The summed E-state index contributed by atoms with van der Waals surface area (Å²) in [6.45, 7) is 4.31. The maximum atomic E-state index is 2.28. The van der Waals surface area contributed by atoms with Crippen molar-refractivity contribution in [1.82, 2.24) is 0 Å². The maximum absolute atomic E-state index is 2.28. The summed E-state index contributed by atoms with van der Waals surface area (Å²) in [5, 5.41) is 1.38. The van der Waals surface area contributed by atoms with Gasteiger partial charge in [-0.15, -0.1) is 11.3 Å². The SMILES string of the molecule is Cc1ccc(Cc2cccc3cc(C)sc23)cc1. The maximum Gasteiger partial charge on any atom is 0.0380 e. The third kappa shape index (κ3) is 2.19. The number of aryl methyl sites for hydroxylation is 2. The molecule has 0 aliphatic rings. The molecule has 3 aromatic rings. The zero-order valence-corrected chi connectivity index (χ0v) is 11.6. The van der Waals surface area contributed by atoms with E-state index in [9.17, 15) is 0 Å². The summed E-state index contributed by atoms with van der Waals surface area (Å²) >= 11 is 1.90. The summed E-state index contributed by atoms with van der Waals surface area (Å²) in [6.07, 6.45) is 1.03. The van der Waals surface area contributed by atoms with Crippen molar-refractivity contribution >= 4 is 21.4 Å². The van der Waals surface area contributed by atoms with E-state index in [-0.39, 0.29) is 0 Å². The fourth-order valence-corrected chi connectivity index (χ4v) is 3.34. The van der Waals surface area contributed by atoms with E-state index in [1.165, 1.54) is 31.7 Å². The first kappa shape index (κ1) is 11.5. The molecule has 0 bridgehead atoms. The third-order valence-electron chi connectivity index (χ3n) is 3.26. The minimum atomic E-state index is 1.03. The lowest BCUT2D eigenvalue weighted by molar-refractivity contribution is 1.21. The van der Waals surface area contributed by atoms with E-state index in [0.717, 1.165) is 6.42 Å². The van der Waals surface area contributed by atoms with Crippen molar-refractivity contribution in [2.24, 2.45) is 0 Å². The lowest BCUT2D eigenvalue weighted by Gasteiger charge is -2.04. The third-order valence-corrected chi connectivity index (χ3v) is 4.41. The number of thiophene rings is 1. The summed E-state index contributed by atoms with van der Waals surface area (Å²) in [7, 11) is 0. The number of fused-ring (bicyclic) bond motifs is 1. The molecule has 0 fully saturated rings. The molecular weight excluding hydrogens is 236 g/mol. The van der Waals surface area contributed by atoms with Crippen LogP contribution in [-0.2, 0) is 6.42 Å². The van der Waals surface area contributed by atoms with Crippen molar-refractivity contribution in [3.8, 4) is 0 Å². The highest BCUT2D eigenvalue weighted by Crippen LogP contribution is 2.29. The summed E-state index contributed by atoms with van der Waals surface area (Å²) in [6, 6.07) is 17.7. The molecule has 0 spiro atoms. The highest BCUT2D eigenvalue weighted by Gasteiger charge is 2.05. The van der Waals surface area contributed by atoms with Gasteiger partial charge in [0.25, 0.3) is 0 Å². The summed E-state index contributed by atoms with van der Waals surface area (Å²) in [5.41, 5.74) is 4.15. The van der Waals surface area contributed by atoms with Gasteiger partial charge in [-0.3, -0.25) is 0 Å². The van der Waals surface area contributed by atoms with Gasteiger partial charge in [-0.25, -0.2) is 0 Å². The molecule has 1 aromatic heterocycles. The van der Waals surface area contributed by atoms with Gasteiger partial charge < -0.3 is 0 Å². The minimum absolute atomic E-state index is 1.03. The molecule has 18 heavy (non-hydrogen) atoms. The van der Waals surface area contributed by atoms with E-state index >= 15 is 0 Å². The molecule has 0 saturated carbocycles. The van der Waals surface area contributed by atoms with E-state index in [0.29, 0.717) is 0 Å². The van der Waals surface area contributed by atoms with Crippen LogP contribution >= 0.6 is 11.3 Å². The van der Waals surface area contributed by atoms with Crippen LogP contribution in [0.1, 0.15) is 21.6 Å². The van der Waals surface area contributed by atoms with Crippen LogP contribution in [0.15, 0.2) is 48.5 Å². The molecule has 3 rings (SSSR count). The number of rotatable bonds is 2. The van der Waals surface area contributed by atoms with Gasteiger partial charge in [0.15, 0.2) is 0 Å². The van der Waals surface area contributed by atoms with Crippen molar-refractivity contribution < 1.29 is 0 Å². The molecule has 0 aliphatic heterocycles. The van der Waals surface area contributed by atoms with Crippen LogP contribution in [0.25, 0.3) is 10.1 Å². The first-order valence-electron chi connectivity index (χ1n) is 6.26. The minimum Gasteiger partial charge on any atom is -0.140 e. The first-order chi connectivity index (χ1) is 8.72. The smallest absolute Gasteiger partial charge is 0.0380 e. The van der Waals surface area contributed by atoms with Crippen LogP contribution in [0.2, 0.25) is 0 Å². The lowest BCUT2D eigenvalue weighted by atomic mass is 10.0. The largest absolute Gasteiger partial charge is 0.140 e. The Balaban J connectivity index is 2.01. The quantitative estimate of drug-likeness (QED) is 0.594. The van der Waals surface area contributed by atoms with Gasteiger partial charge in [0, 0.05) is 9.58 Å². The molecule has 1 heterocycles. The molecule has 1 heteroatoms. The average molecular weight is 252 g/mol. The summed E-state index contributed by atoms with van der Waals surface area (Å²) in [4.78, 5) is 1.39. The second-order valence-corrected chi connectivity index (χ2v) is 6.11. The lowest BCUT2D eigenvalue weighted by Crippen LogP contribution is -1.88. The topological polar surface area (TPSA) is 0 Å². The standard InChI is InChI=1S/C17H16S/c1-12-6-8-14(9-7-12)11-16-5-3-4-15-10-13(2)18-17(15)16/h3-10H,11H2,1-2H3.